The third kappa shape index (κ3) is 1.93. The molecule has 98 valence electrons. The van der Waals surface area contributed by atoms with E-state index in [-0.39, 0.29) is 11.3 Å². The molecule has 1 fully saturated rings. The third-order valence-electron chi connectivity index (χ3n) is 4.17. The highest BCUT2D eigenvalue weighted by Crippen LogP contribution is 2.41. The van der Waals surface area contributed by atoms with Crippen molar-refractivity contribution >= 4 is 5.97 Å². The van der Waals surface area contributed by atoms with Crippen molar-refractivity contribution in [3.63, 3.8) is 0 Å². The molecule has 1 N–H and O–H groups in total. The van der Waals surface area contributed by atoms with Gasteiger partial charge in [0.05, 0.1) is 24.5 Å². The topological polar surface area (TPSA) is 46.5 Å². The van der Waals surface area contributed by atoms with Gasteiger partial charge in [0, 0.05) is 0 Å². The van der Waals surface area contributed by atoms with E-state index in [1.807, 2.05) is 6.92 Å². The van der Waals surface area contributed by atoms with E-state index in [9.17, 15) is 9.90 Å². The average Bonchev–Trinajstić information content (AvgIpc) is 2.26. The summed E-state index contributed by atoms with van der Waals surface area (Å²) in [6.07, 6.45) is 0.631. The van der Waals surface area contributed by atoms with Crippen molar-refractivity contribution in [1.29, 1.82) is 0 Å². The Balaban J connectivity index is 2.43. The van der Waals surface area contributed by atoms with Gasteiger partial charge >= 0.3 is 5.97 Å². The van der Waals surface area contributed by atoms with E-state index in [0.717, 1.165) is 5.56 Å². The van der Waals surface area contributed by atoms with Crippen LogP contribution >= 0.6 is 0 Å². The van der Waals surface area contributed by atoms with Crippen LogP contribution in [0, 0.1) is 19.8 Å². The molecule has 1 aliphatic heterocycles. The molecule has 0 amide bonds. The first-order chi connectivity index (χ1) is 8.51. The Morgan fingerprint density at radius 1 is 1.39 bits per heavy atom. The van der Waals surface area contributed by atoms with E-state index in [1.54, 1.807) is 0 Å². The minimum absolute atomic E-state index is 0.334. The fourth-order valence-electron chi connectivity index (χ4n) is 2.74. The molecule has 0 radical (unpaired) electrons. The molecule has 0 aliphatic carbocycles. The summed E-state index contributed by atoms with van der Waals surface area (Å²) in [4.78, 5) is 11.4. The maximum atomic E-state index is 11.4. The predicted molar refractivity (Wildman–Crippen MR) is 69.8 cm³/mol. The summed E-state index contributed by atoms with van der Waals surface area (Å²) in [5.74, 6) is -1.09. The van der Waals surface area contributed by atoms with Crippen LogP contribution in [-0.2, 0) is 14.9 Å². The van der Waals surface area contributed by atoms with Gasteiger partial charge in [0.15, 0.2) is 0 Å². The normalized spacial score (nSPS) is 19.1. The van der Waals surface area contributed by atoms with Crippen LogP contribution in [0.4, 0.5) is 0 Å². The van der Waals surface area contributed by atoms with Crippen molar-refractivity contribution in [2.45, 2.75) is 32.6 Å². The van der Waals surface area contributed by atoms with Crippen LogP contribution in [-0.4, -0.2) is 24.3 Å². The summed E-state index contributed by atoms with van der Waals surface area (Å²) in [6.45, 7) is 7.09. The van der Waals surface area contributed by atoms with E-state index in [0.29, 0.717) is 19.6 Å². The highest BCUT2D eigenvalue weighted by Gasteiger charge is 2.49. The first-order valence-corrected chi connectivity index (χ1v) is 6.39. The fraction of sp³-hybridized carbons (Fsp3) is 0.533. The van der Waals surface area contributed by atoms with Crippen LogP contribution in [0.2, 0.25) is 0 Å². The molecule has 3 nitrogen and oxygen atoms in total. The number of hydrogen-bond acceptors (Lipinski definition) is 2. The van der Waals surface area contributed by atoms with Gasteiger partial charge in [-0.3, -0.25) is 4.79 Å². The number of carbonyl (C=O) groups is 1. The smallest absolute Gasteiger partial charge is 0.307 e. The lowest BCUT2D eigenvalue weighted by Gasteiger charge is -2.46. The Labute approximate surface area is 108 Å². The Hall–Kier alpha value is -1.35. The van der Waals surface area contributed by atoms with Crippen molar-refractivity contribution in [3.05, 3.63) is 34.9 Å². The summed E-state index contributed by atoms with van der Waals surface area (Å²) >= 11 is 0. The largest absolute Gasteiger partial charge is 0.481 e. The van der Waals surface area contributed by atoms with Gasteiger partial charge < -0.3 is 9.84 Å². The lowest BCUT2D eigenvalue weighted by atomic mass is 9.67. The predicted octanol–water partition coefficient (Wildman–Crippen LogP) is 2.68. The van der Waals surface area contributed by atoms with Gasteiger partial charge in [-0.15, -0.1) is 0 Å². The van der Waals surface area contributed by atoms with E-state index >= 15 is 0 Å². The van der Waals surface area contributed by atoms with Gasteiger partial charge in [0.1, 0.15) is 0 Å². The van der Waals surface area contributed by atoms with E-state index in [2.05, 4.69) is 32.0 Å². The molecule has 1 saturated heterocycles. The van der Waals surface area contributed by atoms with Crippen molar-refractivity contribution in [2.75, 3.05) is 13.2 Å². The molecule has 0 saturated carbocycles. The van der Waals surface area contributed by atoms with Gasteiger partial charge in [-0.05, 0) is 37.0 Å². The summed E-state index contributed by atoms with van der Waals surface area (Å²) in [7, 11) is 0. The van der Waals surface area contributed by atoms with Crippen molar-refractivity contribution in [1.82, 2.24) is 0 Å². The number of aliphatic carboxylic acids is 1. The second kappa shape index (κ2) is 4.73. The van der Waals surface area contributed by atoms with Gasteiger partial charge in [-0.2, -0.15) is 0 Å². The molecule has 3 heteroatoms. The summed E-state index contributed by atoms with van der Waals surface area (Å²) in [5, 5.41) is 9.40. The first-order valence-electron chi connectivity index (χ1n) is 6.39. The number of ether oxygens (including phenoxy) is 1. The van der Waals surface area contributed by atoms with Crippen molar-refractivity contribution in [2.24, 2.45) is 5.92 Å². The van der Waals surface area contributed by atoms with Crippen LogP contribution in [0.3, 0.4) is 0 Å². The molecule has 18 heavy (non-hydrogen) atoms. The monoisotopic (exact) mass is 248 g/mol. The quantitative estimate of drug-likeness (QED) is 0.891. The molecule has 0 bridgehead atoms. The van der Waals surface area contributed by atoms with Crippen LogP contribution in [0.5, 0.6) is 0 Å². The Kier molecular flexibility index (Phi) is 3.44. The van der Waals surface area contributed by atoms with Crippen LogP contribution < -0.4 is 0 Å². The second-order valence-corrected chi connectivity index (χ2v) is 5.25. The van der Waals surface area contributed by atoms with Crippen LogP contribution in [0.15, 0.2) is 18.2 Å². The number of hydrogen-bond donors (Lipinski definition) is 1. The Morgan fingerprint density at radius 2 is 2.06 bits per heavy atom. The molecule has 0 aromatic heterocycles. The molecule has 1 atom stereocenters. The van der Waals surface area contributed by atoms with Gasteiger partial charge in [0.25, 0.3) is 0 Å². The second-order valence-electron chi connectivity index (χ2n) is 5.25. The maximum absolute atomic E-state index is 11.4. The standard InChI is InChI=1S/C15H20O3/c1-4-13(14(16)17)15(8-18-9-15)12-6-5-10(2)11(3)7-12/h5-7,13H,4,8-9H2,1-3H3,(H,16,17). The Bertz CT molecular complexity index is 461. The minimum atomic E-state index is -0.723. The third-order valence-corrected chi connectivity index (χ3v) is 4.17. The highest BCUT2D eigenvalue weighted by molar-refractivity contribution is 5.73. The van der Waals surface area contributed by atoms with Crippen molar-refractivity contribution < 1.29 is 14.6 Å². The van der Waals surface area contributed by atoms with Crippen LogP contribution in [0.1, 0.15) is 30.0 Å². The number of carboxylic acids is 1. The molecule has 1 unspecified atom stereocenters. The number of carboxylic acid groups (broad SMARTS) is 1. The SMILES string of the molecule is CCC(C(=O)O)C1(c2ccc(C)c(C)c2)COC1. The molecule has 1 aliphatic rings. The first kappa shape index (κ1) is 13.1. The Morgan fingerprint density at radius 3 is 2.44 bits per heavy atom. The molecular formula is C15H20O3. The van der Waals surface area contributed by atoms with E-state index in [1.165, 1.54) is 11.1 Å². The van der Waals surface area contributed by atoms with Gasteiger partial charge in [-0.1, -0.05) is 25.1 Å². The summed E-state index contributed by atoms with van der Waals surface area (Å²) in [6, 6.07) is 6.24. The van der Waals surface area contributed by atoms with E-state index in [4.69, 9.17) is 4.74 Å². The molecule has 2 rings (SSSR count). The number of aryl methyl sites for hydroxylation is 2. The summed E-state index contributed by atoms with van der Waals surface area (Å²) in [5.41, 5.74) is 3.21. The number of rotatable bonds is 4. The maximum Gasteiger partial charge on any atom is 0.307 e. The molecular weight excluding hydrogens is 228 g/mol. The van der Waals surface area contributed by atoms with Gasteiger partial charge in [0.2, 0.25) is 0 Å². The van der Waals surface area contributed by atoms with Crippen LogP contribution in [0.25, 0.3) is 0 Å². The summed E-state index contributed by atoms with van der Waals surface area (Å²) < 4.78 is 5.33. The fourth-order valence-corrected chi connectivity index (χ4v) is 2.74. The zero-order valence-electron chi connectivity index (χ0n) is 11.2. The zero-order chi connectivity index (χ0) is 13.3. The van der Waals surface area contributed by atoms with Crippen molar-refractivity contribution in [3.8, 4) is 0 Å². The highest BCUT2D eigenvalue weighted by atomic mass is 16.5. The molecule has 1 aromatic rings. The number of benzene rings is 1. The zero-order valence-corrected chi connectivity index (χ0v) is 11.2. The molecule has 1 aromatic carbocycles. The molecule has 0 spiro atoms. The average molecular weight is 248 g/mol. The van der Waals surface area contributed by atoms with E-state index < -0.39 is 5.97 Å². The van der Waals surface area contributed by atoms with Gasteiger partial charge in [-0.25, -0.2) is 0 Å². The molecule has 1 heterocycles. The lowest BCUT2D eigenvalue weighted by Crippen LogP contribution is -2.54. The minimum Gasteiger partial charge on any atom is -0.481 e. The lowest BCUT2D eigenvalue weighted by molar-refractivity contribution is -0.157.